The molecule has 0 bridgehead atoms. The van der Waals surface area contributed by atoms with Crippen LogP contribution in [0.4, 0.5) is 11.6 Å². The number of thiophene rings is 1. The molecule has 0 saturated heterocycles. The minimum Gasteiger partial charge on any atom is -0.370 e. The monoisotopic (exact) mass is 276 g/mol. The van der Waals surface area contributed by atoms with Gasteiger partial charge in [-0.3, -0.25) is 0 Å². The molecule has 4 nitrogen and oxygen atoms in total. The molecule has 0 amide bonds. The first-order chi connectivity index (χ1) is 9.28. The summed E-state index contributed by atoms with van der Waals surface area (Å²) in [5.74, 6) is 2.58. The van der Waals surface area contributed by atoms with Gasteiger partial charge in [0.05, 0.1) is 0 Å². The maximum absolute atomic E-state index is 4.40. The zero-order chi connectivity index (χ0) is 13.5. The number of nitrogens with one attached hydrogen (secondary N) is 2. The first-order valence-corrected chi connectivity index (χ1v) is 7.56. The molecular formula is C14H20N4S. The van der Waals surface area contributed by atoms with E-state index in [9.17, 15) is 0 Å². The van der Waals surface area contributed by atoms with E-state index in [2.05, 4.69) is 44.4 Å². The summed E-state index contributed by atoms with van der Waals surface area (Å²) in [6, 6.07) is 4.13. The van der Waals surface area contributed by atoms with Crippen molar-refractivity contribution in [1.29, 1.82) is 0 Å². The molecular weight excluding hydrogens is 256 g/mol. The Morgan fingerprint density at radius 1 is 1.16 bits per heavy atom. The predicted molar refractivity (Wildman–Crippen MR) is 82.1 cm³/mol. The lowest BCUT2D eigenvalue weighted by Gasteiger charge is -2.09. The third-order valence-corrected chi connectivity index (χ3v) is 3.43. The molecule has 0 fully saturated rings. The first-order valence-electron chi connectivity index (χ1n) is 6.62. The van der Waals surface area contributed by atoms with Crippen LogP contribution in [-0.2, 0) is 6.42 Å². The number of anilines is 2. The second-order valence-electron chi connectivity index (χ2n) is 4.42. The van der Waals surface area contributed by atoms with Crippen LogP contribution in [0.5, 0.6) is 0 Å². The van der Waals surface area contributed by atoms with Crippen LogP contribution in [0, 0.1) is 6.92 Å². The lowest BCUT2D eigenvalue weighted by Crippen LogP contribution is -2.09. The van der Waals surface area contributed by atoms with Gasteiger partial charge in [0.2, 0.25) is 0 Å². The Balaban J connectivity index is 1.90. The second-order valence-corrected chi connectivity index (χ2v) is 5.20. The van der Waals surface area contributed by atoms with Crippen molar-refractivity contribution in [3.8, 4) is 0 Å². The number of aryl methyl sites for hydroxylation is 1. The van der Waals surface area contributed by atoms with Gasteiger partial charge in [-0.1, -0.05) is 6.92 Å². The van der Waals surface area contributed by atoms with Gasteiger partial charge in [-0.2, -0.15) is 11.3 Å². The molecule has 2 rings (SSSR count). The summed E-state index contributed by atoms with van der Waals surface area (Å²) < 4.78 is 0. The molecule has 102 valence electrons. The Hall–Kier alpha value is -1.62. The Bertz CT molecular complexity index is 496. The van der Waals surface area contributed by atoms with E-state index in [1.807, 2.05) is 13.0 Å². The summed E-state index contributed by atoms with van der Waals surface area (Å²) in [4.78, 5) is 8.77. The number of nitrogens with zero attached hydrogens (tertiary/aromatic N) is 2. The van der Waals surface area contributed by atoms with E-state index in [4.69, 9.17) is 0 Å². The third-order valence-electron chi connectivity index (χ3n) is 2.69. The van der Waals surface area contributed by atoms with Crippen LogP contribution in [0.25, 0.3) is 0 Å². The van der Waals surface area contributed by atoms with Crippen molar-refractivity contribution >= 4 is 23.0 Å². The highest BCUT2D eigenvalue weighted by Crippen LogP contribution is 2.12. The molecule has 5 heteroatoms. The molecule has 0 aliphatic rings. The number of hydrogen-bond donors (Lipinski definition) is 2. The van der Waals surface area contributed by atoms with E-state index in [-0.39, 0.29) is 0 Å². The highest BCUT2D eigenvalue weighted by Gasteiger charge is 2.01. The highest BCUT2D eigenvalue weighted by molar-refractivity contribution is 7.07. The van der Waals surface area contributed by atoms with E-state index >= 15 is 0 Å². The van der Waals surface area contributed by atoms with Crippen molar-refractivity contribution in [3.05, 3.63) is 34.3 Å². The van der Waals surface area contributed by atoms with Crippen LogP contribution < -0.4 is 10.6 Å². The van der Waals surface area contributed by atoms with E-state index in [0.29, 0.717) is 0 Å². The van der Waals surface area contributed by atoms with Crippen LogP contribution in [0.15, 0.2) is 22.9 Å². The molecule has 0 radical (unpaired) electrons. The van der Waals surface area contributed by atoms with Crippen LogP contribution in [0.3, 0.4) is 0 Å². The third kappa shape index (κ3) is 4.52. The van der Waals surface area contributed by atoms with Crippen molar-refractivity contribution in [2.75, 3.05) is 23.7 Å². The first kappa shape index (κ1) is 13.8. The normalized spacial score (nSPS) is 10.4. The highest BCUT2D eigenvalue weighted by atomic mass is 32.1. The summed E-state index contributed by atoms with van der Waals surface area (Å²) in [6.07, 6.45) is 2.11. The van der Waals surface area contributed by atoms with E-state index in [1.54, 1.807) is 11.3 Å². The molecule has 0 aliphatic heterocycles. The van der Waals surface area contributed by atoms with Crippen molar-refractivity contribution in [3.63, 3.8) is 0 Å². The largest absolute Gasteiger partial charge is 0.370 e. The SMILES string of the molecule is CCCNc1cc(NCCc2ccsc2)nc(C)n1. The van der Waals surface area contributed by atoms with E-state index in [0.717, 1.165) is 43.4 Å². The van der Waals surface area contributed by atoms with Crippen molar-refractivity contribution < 1.29 is 0 Å². The van der Waals surface area contributed by atoms with Gasteiger partial charge in [0, 0.05) is 19.2 Å². The molecule has 2 aromatic heterocycles. The van der Waals surface area contributed by atoms with Gasteiger partial charge >= 0.3 is 0 Å². The standard InChI is InChI=1S/C14H20N4S/c1-3-6-15-13-9-14(18-11(2)17-13)16-7-4-12-5-8-19-10-12/h5,8-10H,3-4,6-7H2,1-2H3,(H2,15,16,17,18). The molecule has 0 aliphatic carbocycles. The lowest BCUT2D eigenvalue weighted by molar-refractivity contribution is 0.947. The van der Waals surface area contributed by atoms with Crippen LogP contribution in [-0.4, -0.2) is 23.1 Å². The average molecular weight is 276 g/mol. The Kier molecular flexibility index (Phi) is 5.15. The fourth-order valence-corrected chi connectivity index (χ4v) is 2.47. The molecule has 0 aromatic carbocycles. The van der Waals surface area contributed by atoms with Crippen molar-refractivity contribution in [1.82, 2.24) is 9.97 Å². The van der Waals surface area contributed by atoms with Crippen LogP contribution in [0.1, 0.15) is 24.7 Å². The topological polar surface area (TPSA) is 49.8 Å². The average Bonchev–Trinajstić information content (AvgIpc) is 2.89. The van der Waals surface area contributed by atoms with Crippen LogP contribution >= 0.6 is 11.3 Å². The van der Waals surface area contributed by atoms with Gasteiger partial charge in [0.25, 0.3) is 0 Å². The van der Waals surface area contributed by atoms with E-state index in [1.165, 1.54) is 5.56 Å². The number of aromatic nitrogens is 2. The molecule has 0 atom stereocenters. The maximum Gasteiger partial charge on any atom is 0.131 e. The van der Waals surface area contributed by atoms with Crippen molar-refractivity contribution in [2.45, 2.75) is 26.7 Å². The predicted octanol–water partition coefficient (Wildman–Crippen LogP) is 3.32. The fourth-order valence-electron chi connectivity index (χ4n) is 1.77. The van der Waals surface area contributed by atoms with Gasteiger partial charge < -0.3 is 10.6 Å². The minimum atomic E-state index is 0.791. The summed E-state index contributed by atoms with van der Waals surface area (Å²) in [5.41, 5.74) is 1.37. The molecule has 0 saturated carbocycles. The summed E-state index contributed by atoms with van der Waals surface area (Å²) >= 11 is 1.74. The van der Waals surface area contributed by atoms with Gasteiger partial charge in [-0.15, -0.1) is 0 Å². The molecule has 2 heterocycles. The molecule has 2 aromatic rings. The zero-order valence-electron chi connectivity index (χ0n) is 11.4. The van der Waals surface area contributed by atoms with Gasteiger partial charge in [0.1, 0.15) is 17.5 Å². The molecule has 2 N–H and O–H groups in total. The minimum absolute atomic E-state index is 0.791. The zero-order valence-corrected chi connectivity index (χ0v) is 12.3. The maximum atomic E-state index is 4.40. The second kappa shape index (κ2) is 7.09. The quantitative estimate of drug-likeness (QED) is 0.814. The van der Waals surface area contributed by atoms with Gasteiger partial charge in [-0.25, -0.2) is 9.97 Å². The van der Waals surface area contributed by atoms with Crippen LogP contribution in [0.2, 0.25) is 0 Å². The molecule has 0 unspecified atom stereocenters. The van der Waals surface area contributed by atoms with E-state index < -0.39 is 0 Å². The lowest BCUT2D eigenvalue weighted by atomic mass is 10.2. The summed E-state index contributed by atoms with van der Waals surface area (Å²) in [7, 11) is 0. The fraction of sp³-hybridized carbons (Fsp3) is 0.429. The van der Waals surface area contributed by atoms with Gasteiger partial charge in [0.15, 0.2) is 0 Å². The van der Waals surface area contributed by atoms with Gasteiger partial charge in [-0.05, 0) is 42.2 Å². The Labute approximate surface area is 118 Å². The Morgan fingerprint density at radius 3 is 2.53 bits per heavy atom. The summed E-state index contributed by atoms with van der Waals surface area (Å²) in [6.45, 7) is 5.88. The Morgan fingerprint density at radius 2 is 1.89 bits per heavy atom. The summed E-state index contributed by atoms with van der Waals surface area (Å²) in [5, 5.41) is 10.9. The molecule has 0 spiro atoms. The number of hydrogen-bond acceptors (Lipinski definition) is 5. The number of rotatable bonds is 7. The van der Waals surface area contributed by atoms with Crippen molar-refractivity contribution in [2.24, 2.45) is 0 Å². The smallest absolute Gasteiger partial charge is 0.131 e. The molecule has 19 heavy (non-hydrogen) atoms.